The quantitative estimate of drug-likeness (QED) is 0.916. The summed E-state index contributed by atoms with van der Waals surface area (Å²) in [4.78, 5) is 6.89. The Balaban J connectivity index is 0.00000133. The fraction of sp³-hybridized carbons (Fsp3) is 0.846. The number of nitrogens with zero attached hydrogens (tertiary/aromatic N) is 3. The minimum atomic E-state index is 0. The lowest BCUT2D eigenvalue weighted by atomic mass is 9.92. The van der Waals surface area contributed by atoms with Crippen LogP contribution in [0.5, 0.6) is 0 Å². The van der Waals surface area contributed by atoms with E-state index in [1.807, 2.05) is 0 Å². The zero-order valence-corrected chi connectivity index (χ0v) is 12.2. The molecule has 0 radical (unpaired) electrons. The van der Waals surface area contributed by atoms with Gasteiger partial charge < -0.3 is 10.3 Å². The van der Waals surface area contributed by atoms with Gasteiger partial charge in [0.05, 0.1) is 6.54 Å². The van der Waals surface area contributed by atoms with Crippen LogP contribution in [0.2, 0.25) is 0 Å². The van der Waals surface area contributed by atoms with Gasteiger partial charge in [0.15, 0.2) is 5.82 Å². The summed E-state index contributed by atoms with van der Waals surface area (Å²) in [5.74, 6) is 3.00. The largest absolute Gasteiger partial charge is 0.338 e. The van der Waals surface area contributed by atoms with Gasteiger partial charge in [-0.25, -0.2) is 0 Å². The number of halogens is 1. The van der Waals surface area contributed by atoms with Crippen LogP contribution in [-0.2, 0) is 6.54 Å². The van der Waals surface area contributed by atoms with E-state index >= 15 is 0 Å². The van der Waals surface area contributed by atoms with Gasteiger partial charge in [0.25, 0.3) is 0 Å². The van der Waals surface area contributed by atoms with E-state index in [0.717, 1.165) is 30.7 Å². The molecule has 1 aromatic rings. The first-order valence-corrected chi connectivity index (χ1v) is 7.03. The molecule has 1 aromatic heterocycles. The monoisotopic (exact) mass is 286 g/mol. The highest BCUT2D eigenvalue weighted by atomic mass is 35.5. The number of hydrogen-bond donors (Lipinski definition) is 1. The fourth-order valence-electron chi connectivity index (χ4n) is 2.77. The Hall–Kier alpha value is -0.650. The van der Waals surface area contributed by atoms with Crippen LogP contribution < -0.4 is 5.73 Å². The van der Waals surface area contributed by atoms with Gasteiger partial charge in [-0.1, -0.05) is 12.1 Å². The Morgan fingerprint density at radius 3 is 2.84 bits per heavy atom. The SMILES string of the molecule is CC1CCN(Cc2nc(C3CC3)no2)C(CN)C1.Cl. The highest BCUT2D eigenvalue weighted by Gasteiger charge is 2.30. The van der Waals surface area contributed by atoms with Crippen LogP contribution in [0, 0.1) is 5.92 Å². The van der Waals surface area contributed by atoms with Crippen molar-refractivity contribution in [2.24, 2.45) is 11.7 Å². The van der Waals surface area contributed by atoms with Crippen LogP contribution in [0.15, 0.2) is 4.52 Å². The van der Waals surface area contributed by atoms with Crippen molar-refractivity contribution in [1.29, 1.82) is 0 Å². The second-order valence-electron chi connectivity index (χ2n) is 5.81. The molecule has 1 saturated heterocycles. The van der Waals surface area contributed by atoms with Crippen molar-refractivity contribution in [3.8, 4) is 0 Å². The minimum absolute atomic E-state index is 0. The predicted molar refractivity (Wildman–Crippen MR) is 75.2 cm³/mol. The lowest BCUT2D eigenvalue weighted by molar-refractivity contribution is 0.102. The summed E-state index contributed by atoms with van der Waals surface area (Å²) in [6.07, 6.45) is 4.84. The average molecular weight is 287 g/mol. The number of rotatable bonds is 4. The van der Waals surface area contributed by atoms with Crippen LogP contribution in [-0.4, -0.2) is 34.2 Å². The van der Waals surface area contributed by atoms with Gasteiger partial charge in [0.2, 0.25) is 5.89 Å². The van der Waals surface area contributed by atoms with E-state index in [1.54, 1.807) is 0 Å². The molecule has 0 bridgehead atoms. The first-order valence-electron chi connectivity index (χ1n) is 7.03. The molecule has 1 aliphatic heterocycles. The van der Waals surface area contributed by atoms with E-state index in [2.05, 4.69) is 22.0 Å². The molecule has 108 valence electrons. The van der Waals surface area contributed by atoms with E-state index in [4.69, 9.17) is 10.3 Å². The van der Waals surface area contributed by atoms with Crippen LogP contribution in [0.4, 0.5) is 0 Å². The lowest BCUT2D eigenvalue weighted by Gasteiger charge is -2.36. The topological polar surface area (TPSA) is 68.2 Å². The van der Waals surface area contributed by atoms with Gasteiger partial charge >= 0.3 is 0 Å². The molecule has 5 nitrogen and oxygen atoms in total. The highest BCUT2D eigenvalue weighted by Crippen LogP contribution is 2.38. The normalized spacial score (nSPS) is 28.1. The molecular weight excluding hydrogens is 264 g/mol. The fourth-order valence-corrected chi connectivity index (χ4v) is 2.77. The maximum absolute atomic E-state index is 5.86. The van der Waals surface area contributed by atoms with Gasteiger partial charge in [-0.3, -0.25) is 4.90 Å². The van der Waals surface area contributed by atoms with Crippen molar-refractivity contribution in [2.75, 3.05) is 13.1 Å². The molecule has 19 heavy (non-hydrogen) atoms. The molecule has 2 N–H and O–H groups in total. The van der Waals surface area contributed by atoms with E-state index < -0.39 is 0 Å². The molecule has 0 amide bonds. The number of nitrogens with two attached hydrogens (primary N) is 1. The number of likely N-dealkylation sites (tertiary alicyclic amines) is 1. The second kappa shape index (κ2) is 6.20. The summed E-state index contributed by atoms with van der Waals surface area (Å²) in [7, 11) is 0. The maximum atomic E-state index is 5.86. The summed E-state index contributed by atoms with van der Waals surface area (Å²) in [5, 5.41) is 4.07. The van der Waals surface area contributed by atoms with Crippen molar-refractivity contribution >= 4 is 12.4 Å². The Kier molecular flexibility index (Phi) is 4.81. The lowest BCUT2D eigenvalue weighted by Crippen LogP contribution is -2.45. The van der Waals surface area contributed by atoms with E-state index in [9.17, 15) is 0 Å². The van der Waals surface area contributed by atoms with Gasteiger partial charge in [-0.2, -0.15) is 4.98 Å². The van der Waals surface area contributed by atoms with Gasteiger partial charge in [0, 0.05) is 18.5 Å². The van der Waals surface area contributed by atoms with Crippen LogP contribution in [0.1, 0.15) is 50.2 Å². The molecule has 0 aromatic carbocycles. The zero-order valence-electron chi connectivity index (χ0n) is 11.4. The summed E-state index contributed by atoms with van der Waals surface area (Å²) in [6, 6.07) is 0.463. The van der Waals surface area contributed by atoms with Crippen LogP contribution in [0.25, 0.3) is 0 Å². The zero-order chi connectivity index (χ0) is 12.5. The van der Waals surface area contributed by atoms with Crippen molar-refractivity contribution in [2.45, 2.75) is 51.1 Å². The summed E-state index contributed by atoms with van der Waals surface area (Å²) in [6.45, 7) is 4.87. The Morgan fingerprint density at radius 1 is 1.37 bits per heavy atom. The van der Waals surface area contributed by atoms with Gasteiger partial charge in [-0.15, -0.1) is 12.4 Å². The third-order valence-corrected chi connectivity index (χ3v) is 4.14. The molecule has 2 heterocycles. The molecule has 2 aliphatic rings. The molecule has 2 unspecified atom stereocenters. The molecule has 0 spiro atoms. The summed E-state index contributed by atoms with van der Waals surface area (Å²) in [5.41, 5.74) is 5.86. The van der Waals surface area contributed by atoms with Crippen LogP contribution >= 0.6 is 12.4 Å². The van der Waals surface area contributed by atoms with Crippen LogP contribution in [0.3, 0.4) is 0 Å². The second-order valence-corrected chi connectivity index (χ2v) is 5.81. The molecule has 3 rings (SSSR count). The first kappa shape index (κ1) is 14.8. The first-order chi connectivity index (χ1) is 8.76. The smallest absolute Gasteiger partial charge is 0.240 e. The third kappa shape index (κ3) is 3.46. The van der Waals surface area contributed by atoms with Crippen molar-refractivity contribution in [3.05, 3.63) is 11.7 Å². The van der Waals surface area contributed by atoms with Gasteiger partial charge in [0.1, 0.15) is 0 Å². The minimum Gasteiger partial charge on any atom is -0.338 e. The summed E-state index contributed by atoms with van der Waals surface area (Å²) >= 11 is 0. The number of hydrogen-bond acceptors (Lipinski definition) is 5. The Bertz CT molecular complexity index is 407. The van der Waals surface area contributed by atoms with Crippen molar-refractivity contribution in [3.63, 3.8) is 0 Å². The van der Waals surface area contributed by atoms with Crippen molar-refractivity contribution < 1.29 is 4.52 Å². The number of piperidine rings is 1. The molecule has 2 fully saturated rings. The number of aromatic nitrogens is 2. The average Bonchev–Trinajstić information content (AvgIpc) is 3.12. The maximum Gasteiger partial charge on any atom is 0.240 e. The Labute approximate surface area is 120 Å². The third-order valence-electron chi connectivity index (χ3n) is 4.14. The Morgan fingerprint density at radius 2 is 2.16 bits per heavy atom. The van der Waals surface area contributed by atoms with E-state index in [0.29, 0.717) is 18.5 Å². The molecule has 1 saturated carbocycles. The molecule has 2 atom stereocenters. The summed E-state index contributed by atoms with van der Waals surface area (Å²) < 4.78 is 5.34. The van der Waals surface area contributed by atoms with Gasteiger partial charge in [-0.05, 0) is 38.1 Å². The van der Waals surface area contributed by atoms with Crippen molar-refractivity contribution in [1.82, 2.24) is 15.0 Å². The standard InChI is InChI=1S/C13H22N4O.ClH/c1-9-4-5-17(11(6-9)7-14)8-12-15-13(16-18-12)10-2-3-10;/h9-11H,2-8,14H2,1H3;1H. The molecule has 1 aliphatic carbocycles. The molecular formula is C13H23ClN4O. The van der Waals surface area contributed by atoms with E-state index in [-0.39, 0.29) is 12.4 Å². The van der Waals surface area contributed by atoms with E-state index in [1.165, 1.54) is 25.7 Å². The molecule has 6 heteroatoms. The predicted octanol–water partition coefficient (Wildman–Crippen LogP) is 1.93. The highest BCUT2D eigenvalue weighted by molar-refractivity contribution is 5.85.